The van der Waals surface area contributed by atoms with E-state index in [1.165, 1.54) is 10.6 Å². The molecule has 22 heavy (non-hydrogen) atoms. The fourth-order valence-electron chi connectivity index (χ4n) is 1.93. The molecule has 5 heteroatoms. The quantitative estimate of drug-likeness (QED) is 0.836. The number of hydrogen-bond donors (Lipinski definition) is 2. The summed E-state index contributed by atoms with van der Waals surface area (Å²) < 4.78 is 1.47. The van der Waals surface area contributed by atoms with Crippen molar-refractivity contribution in [3.05, 3.63) is 57.5 Å². The lowest BCUT2D eigenvalue weighted by Crippen LogP contribution is -2.20. The van der Waals surface area contributed by atoms with E-state index in [9.17, 15) is 14.7 Å². The van der Waals surface area contributed by atoms with Gasteiger partial charge in [-0.15, -0.1) is 0 Å². The fourth-order valence-corrected chi connectivity index (χ4v) is 1.93. The van der Waals surface area contributed by atoms with E-state index in [4.69, 9.17) is 5.11 Å². The third-order valence-electron chi connectivity index (χ3n) is 2.81. The van der Waals surface area contributed by atoms with Crippen LogP contribution in [0.25, 0.3) is 5.69 Å². The number of benzene rings is 1. The van der Waals surface area contributed by atoms with E-state index < -0.39 is 0 Å². The van der Waals surface area contributed by atoms with Crippen molar-refractivity contribution in [3.63, 3.8) is 0 Å². The van der Waals surface area contributed by atoms with Gasteiger partial charge in [-0.3, -0.25) is 14.2 Å². The van der Waals surface area contributed by atoms with Gasteiger partial charge in [0.25, 0.3) is 5.56 Å². The van der Waals surface area contributed by atoms with Gasteiger partial charge in [0.05, 0.1) is 5.69 Å². The minimum Gasteiger partial charge on any atom is -0.508 e. The molecule has 0 aliphatic carbocycles. The van der Waals surface area contributed by atoms with Crippen LogP contribution in [0.4, 0.5) is 0 Å². The van der Waals surface area contributed by atoms with Crippen LogP contribution in [0.15, 0.2) is 35.1 Å². The predicted molar refractivity (Wildman–Crippen MR) is 88.1 cm³/mol. The zero-order valence-corrected chi connectivity index (χ0v) is 13.6. The summed E-state index contributed by atoms with van der Waals surface area (Å²) in [6.45, 7) is 7.59. The summed E-state index contributed by atoms with van der Waals surface area (Å²) in [5.74, 6) is -0.0575. The second-order valence-electron chi connectivity index (χ2n) is 4.19. The number of aliphatic hydroxyl groups is 1. The molecule has 0 atom stereocenters. The maximum Gasteiger partial charge on any atom is 0.258 e. The van der Waals surface area contributed by atoms with E-state index in [1.54, 1.807) is 25.1 Å². The van der Waals surface area contributed by atoms with Gasteiger partial charge in [-0.25, -0.2) is 0 Å². The minimum atomic E-state index is -0.321. The van der Waals surface area contributed by atoms with Gasteiger partial charge in [0.15, 0.2) is 0 Å². The Kier molecular flexibility index (Phi) is 8.48. The topological polar surface area (TPSA) is 79.5 Å². The minimum absolute atomic E-state index is 0.0575. The molecule has 0 bridgehead atoms. The van der Waals surface area contributed by atoms with E-state index in [-0.39, 0.29) is 11.3 Å². The molecule has 2 N–H and O–H groups in total. The molecule has 0 unspecified atom stereocenters. The number of hydrogen-bond acceptors (Lipinski definition) is 4. The van der Waals surface area contributed by atoms with E-state index in [0.29, 0.717) is 16.9 Å². The highest BCUT2D eigenvalue weighted by Gasteiger charge is 2.08. The normalized spacial score (nSPS) is 9.00. The molecular formula is C17H23NO4. The SMILES string of the molecule is CC.CO.Cc1ccc(C=O)cc1-n1c(C)cc(O)cc1=O. The molecule has 1 aromatic carbocycles. The Labute approximate surface area is 130 Å². The predicted octanol–water partition coefficient (Wildman–Crippen LogP) is 2.61. The Morgan fingerprint density at radius 2 is 1.64 bits per heavy atom. The van der Waals surface area contributed by atoms with Crippen molar-refractivity contribution >= 4 is 6.29 Å². The lowest BCUT2D eigenvalue weighted by Gasteiger charge is -2.13. The molecule has 2 aromatic rings. The Hall–Kier alpha value is -2.40. The summed E-state index contributed by atoms with van der Waals surface area (Å²) in [5, 5.41) is 16.4. The van der Waals surface area contributed by atoms with Gasteiger partial charge < -0.3 is 10.2 Å². The average molecular weight is 305 g/mol. The molecule has 0 radical (unpaired) electrons. The van der Waals surface area contributed by atoms with Gasteiger partial charge in [0.1, 0.15) is 12.0 Å². The summed E-state index contributed by atoms with van der Waals surface area (Å²) in [6.07, 6.45) is 0.740. The number of aryl methyl sites for hydroxylation is 2. The van der Waals surface area contributed by atoms with E-state index in [1.807, 2.05) is 20.8 Å². The lowest BCUT2D eigenvalue weighted by molar-refractivity contribution is 0.112. The number of aldehydes is 1. The number of aromatic hydroxyl groups is 1. The Balaban J connectivity index is 0.00000102. The molecule has 1 heterocycles. The number of nitrogens with zero attached hydrogens (tertiary/aromatic N) is 1. The smallest absolute Gasteiger partial charge is 0.258 e. The molecule has 120 valence electrons. The number of aromatic nitrogens is 1. The zero-order chi connectivity index (χ0) is 17.3. The van der Waals surface area contributed by atoms with Crippen LogP contribution in [-0.2, 0) is 0 Å². The number of carbonyl (C=O) groups is 1. The molecule has 0 aliphatic heterocycles. The van der Waals surface area contributed by atoms with Gasteiger partial charge in [-0.2, -0.15) is 0 Å². The first-order valence-electron chi connectivity index (χ1n) is 6.96. The van der Waals surface area contributed by atoms with Crippen LogP contribution in [0.1, 0.15) is 35.5 Å². The summed E-state index contributed by atoms with van der Waals surface area (Å²) in [5.41, 5.74) is 2.35. The van der Waals surface area contributed by atoms with Gasteiger partial charge in [0.2, 0.25) is 0 Å². The molecule has 2 rings (SSSR count). The van der Waals surface area contributed by atoms with Crippen molar-refractivity contribution in [2.75, 3.05) is 7.11 Å². The summed E-state index contributed by atoms with van der Waals surface area (Å²) >= 11 is 0. The molecule has 1 aromatic heterocycles. The van der Waals surface area contributed by atoms with Gasteiger partial charge in [-0.1, -0.05) is 26.0 Å². The highest BCUT2D eigenvalue weighted by Crippen LogP contribution is 2.17. The maximum absolute atomic E-state index is 11.9. The van der Waals surface area contributed by atoms with Crippen LogP contribution in [0.2, 0.25) is 0 Å². The molecule has 0 saturated heterocycles. The third kappa shape index (κ3) is 4.56. The van der Waals surface area contributed by atoms with E-state index >= 15 is 0 Å². The van der Waals surface area contributed by atoms with Crippen LogP contribution < -0.4 is 5.56 Å². The van der Waals surface area contributed by atoms with Gasteiger partial charge in [-0.05, 0) is 31.5 Å². The van der Waals surface area contributed by atoms with Crippen LogP contribution >= 0.6 is 0 Å². The highest BCUT2D eigenvalue weighted by molar-refractivity contribution is 5.76. The van der Waals surface area contributed by atoms with Crippen LogP contribution in [0.5, 0.6) is 5.75 Å². The highest BCUT2D eigenvalue weighted by atomic mass is 16.3. The standard InChI is InChI=1S/C14H13NO3.C2H6.CH4O/c1-9-3-4-11(8-16)6-13(9)15-10(2)5-12(17)7-14(15)18;2*1-2/h3-8,17H,1-2H3;1-2H3;2H,1H3. The fraction of sp³-hybridized carbons (Fsp3) is 0.294. The summed E-state index contributed by atoms with van der Waals surface area (Å²) in [4.78, 5) is 22.7. The second-order valence-corrected chi connectivity index (χ2v) is 4.19. The molecule has 0 amide bonds. The van der Waals surface area contributed by atoms with E-state index in [0.717, 1.165) is 25.0 Å². The first kappa shape index (κ1) is 19.6. The van der Waals surface area contributed by atoms with Crippen molar-refractivity contribution in [1.29, 1.82) is 0 Å². The number of aliphatic hydroxyl groups excluding tert-OH is 1. The Morgan fingerprint density at radius 3 is 2.14 bits per heavy atom. The van der Waals surface area contributed by atoms with Crippen LogP contribution in [0.3, 0.4) is 0 Å². The molecule has 0 spiro atoms. The average Bonchev–Trinajstić information content (AvgIpc) is 2.52. The van der Waals surface area contributed by atoms with Gasteiger partial charge >= 0.3 is 0 Å². The van der Waals surface area contributed by atoms with Crippen molar-refractivity contribution in [3.8, 4) is 11.4 Å². The van der Waals surface area contributed by atoms with Crippen molar-refractivity contribution in [2.45, 2.75) is 27.7 Å². The maximum atomic E-state index is 11.9. The van der Waals surface area contributed by atoms with E-state index in [2.05, 4.69) is 0 Å². The Bertz CT molecular complexity index is 675. The summed E-state index contributed by atoms with van der Waals surface area (Å²) in [6, 6.07) is 7.81. The lowest BCUT2D eigenvalue weighted by atomic mass is 10.1. The van der Waals surface area contributed by atoms with Crippen LogP contribution in [0, 0.1) is 13.8 Å². The Morgan fingerprint density at radius 1 is 1.05 bits per heavy atom. The van der Waals surface area contributed by atoms with Crippen molar-refractivity contribution < 1.29 is 15.0 Å². The molecule has 5 nitrogen and oxygen atoms in total. The second kappa shape index (κ2) is 9.52. The largest absolute Gasteiger partial charge is 0.508 e. The molecule has 0 fully saturated rings. The van der Waals surface area contributed by atoms with Crippen molar-refractivity contribution in [1.82, 2.24) is 4.57 Å². The van der Waals surface area contributed by atoms with Gasteiger partial charge in [0, 0.05) is 24.4 Å². The molecule has 0 aliphatic rings. The number of carbonyl (C=O) groups excluding carboxylic acids is 1. The number of rotatable bonds is 2. The molecule has 0 saturated carbocycles. The number of pyridine rings is 1. The zero-order valence-electron chi connectivity index (χ0n) is 13.6. The first-order valence-corrected chi connectivity index (χ1v) is 6.96. The monoisotopic (exact) mass is 305 g/mol. The van der Waals surface area contributed by atoms with Crippen LogP contribution in [-0.4, -0.2) is 28.2 Å². The molecular weight excluding hydrogens is 282 g/mol. The first-order chi connectivity index (χ1) is 10.5. The third-order valence-corrected chi connectivity index (χ3v) is 2.81. The summed E-state index contributed by atoms with van der Waals surface area (Å²) in [7, 11) is 1.00. The van der Waals surface area contributed by atoms with Crippen molar-refractivity contribution in [2.24, 2.45) is 0 Å².